The van der Waals surface area contributed by atoms with Crippen molar-refractivity contribution in [1.29, 1.82) is 0 Å². The molecule has 124 valence electrons. The first-order valence-corrected chi connectivity index (χ1v) is 8.48. The summed E-state index contributed by atoms with van der Waals surface area (Å²) in [5.41, 5.74) is 4.17. The molecule has 1 aromatic carbocycles. The maximum absolute atomic E-state index is 12.2. The van der Waals surface area contributed by atoms with E-state index in [0.29, 0.717) is 16.7 Å². The van der Waals surface area contributed by atoms with E-state index in [9.17, 15) is 4.79 Å². The molecule has 0 spiro atoms. The molecule has 6 nitrogen and oxygen atoms in total. The first-order chi connectivity index (χ1) is 11.5. The average Bonchev–Trinajstić information content (AvgIpc) is 3.19. The van der Waals surface area contributed by atoms with E-state index in [1.807, 2.05) is 20.8 Å². The van der Waals surface area contributed by atoms with E-state index in [1.165, 1.54) is 17.3 Å². The molecular weight excluding hydrogens is 324 g/mol. The molecule has 0 bridgehead atoms. The Hall–Kier alpha value is -2.54. The molecule has 0 atom stereocenters. The number of rotatable bonds is 5. The number of aromatic nitrogens is 3. The molecule has 7 heteroatoms. The SMILES string of the molecule is Cc1cc(C)c(NC(=O)CSc2n[nH]c(-c3ccco3)n2)c(C)c1. The number of carbonyl (C=O) groups excluding carboxylic acids is 1. The van der Waals surface area contributed by atoms with Gasteiger partial charge in [-0.2, -0.15) is 4.98 Å². The zero-order chi connectivity index (χ0) is 17.1. The average molecular weight is 342 g/mol. The summed E-state index contributed by atoms with van der Waals surface area (Å²) in [6.07, 6.45) is 1.57. The Morgan fingerprint density at radius 1 is 1.29 bits per heavy atom. The van der Waals surface area contributed by atoms with Crippen molar-refractivity contribution in [3.63, 3.8) is 0 Å². The van der Waals surface area contributed by atoms with Crippen molar-refractivity contribution >= 4 is 23.4 Å². The molecule has 0 saturated carbocycles. The smallest absolute Gasteiger partial charge is 0.234 e. The van der Waals surface area contributed by atoms with Gasteiger partial charge in [0.1, 0.15) is 0 Å². The maximum Gasteiger partial charge on any atom is 0.234 e. The van der Waals surface area contributed by atoms with Crippen molar-refractivity contribution in [2.45, 2.75) is 25.9 Å². The Kier molecular flexibility index (Phi) is 4.71. The highest BCUT2D eigenvalue weighted by Crippen LogP contribution is 2.23. The van der Waals surface area contributed by atoms with Crippen LogP contribution in [0.15, 0.2) is 40.1 Å². The molecule has 0 aliphatic heterocycles. The lowest BCUT2D eigenvalue weighted by Crippen LogP contribution is -2.16. The van der Waals surface area contributed by atoms with Crippen LogP contribution >= 0.6 is 11.8 Å². The number of nitrogens with zero attached hydrogens (tertiary/aromatic N) is 2. The number of aryl methyl sites for hydroxylation is 3. The summed E-state index contributed by atoms with van der Waals surface area (Å²) in [4.78, 5) is 16.5. The van der Waals surface area contributed by atoms with Crippen molar-refractivity contribution < 1.29 is 9.21 Å². The number of hydrogen-bond acceptors (Lipinski definition) is 5. The van der Waals surface area contributed by atoms with Gasteiger partial charge in [-0.05, 0) is 44.0 Å². The van der Waals surface area contributed by atoms with Crippen LogP contribution in [0.2, 0.25) is 0 Å². The fourth-order valence-corrected chi connectivity index (χ4v) is 3.12. The first-order valence-electron chi connectivity index (χ1n) is 7.49. The van der Waals surface area contributed by atoms with Gasteiger partial charge in [0.2, 0.25) is 11.1 Å². The Bertz CT molecular complexity index is 832. The van der Waals surface area contributed by atoms with Crippen molar-refractivity contribution in [1.82, 2.24) is 15.2 Å². The van der Waals surface area contributed by atoms with Gasteiger partial charge in [0.15, 0.2) is 11.6 Å². The number of benzene rings is 1. The third-order valence-corrected chi connectivity index (χ3v) is 4.34. The summed E-state index contributed by atoms with van der Waals surface area (Å²) < 4.78 is 5.25. The summed E-state index contributed by atoms with van der Waals surface area (Å²) in [7, 11) is 0. The van der Waals surface area contributed by atoms with Crippen LogP contribution in [0, 0.1) is 20.8 Å². The Balaban J connectivity index is 1.60. The molecule has 0 saturated heterocycles. The lowest BCUT2D eigenvalue weighted by Gasteiger charge is -2.12. The molecule has 0 unspecified atom stereocenters. The highest BCUT2D eigenvalue weighted by Gasteiger charge is 2.12. The second kappa shape index (κ2) is 6.92. The zero-order valence-corrected chi connectivity index (χ0v) is 14.5. The highest BCUT2D eigenvalue weighted by atomic mass is 32.2. The van der Waals surface area contributed by atoms with Crippen LogP contribution in [0.25, 0.3) is 11.6 Å². The number of hydrogen-bond donors (Lipinski definition) is 2. The van der Waals surface area contributed by atoms with E-state index in [0.717, 1.165) is 16.8 Å². The van der Waals surface area contributed by atoms with Gasteiger partial charge in [-0.3, -0.25) is 9.89 Å². The number of anilines is 1. The number of furan rings is 1. The number of nitrogens with one attached hydrogen (secondary N) is 2. The van der Waals surface area contributed by atoms with Crippen LogP contribution in [-0.2, 0) is 4.79 Å². The number of thioether (sulfide) groups is 1. The quantitative estimate of drug-likeness (QED) is 0.690. The van der Waals surface area contributed by atoms with Gasteiger partial charge in [-0.25, -0.2) is 0 Å². The minimum atomic E-state index is -0.0839. The lowest BCUT2D eigenvalue weighted by atomic mass is 10.1. The lowest BCUT2D eigenvalue weighted by molar-refractivity contribution is -0.113. The van der Waals surface area contributed by atoms with E-state index in [4.69, 9.17) is 4.42 Å². The molecule has 0 aliphatic carbocycles. The van der Waals surface area contributed by atoms with Gasteiger partial charge in [-0.1, -0.05) is 29.5 Å². The van der Waals surface area contributed by atoms with Gasteiger partial charge in [0.05, 0.1) is 12.0 Å². The van der Waals surface area contributed by atoms with Crippen molar-refractivity contribution in [3.05, 3.63) is 47.2 Å². The zero-order valence-electron chi connectivity index (χ0n) is 13.7. The minimum Gasteiger partial charge on any atom is -0.461 e. The predicted octanol–water partition coefficient (Wildman–Crippen LogP) is 3.72. The van der Waals surface area contributed by atoms with Crippen LogP contribution in [0.4, 0.5) is 5.69 Å². The second-order valence-corrected chi connectivity index (χ2v) is 6.50. The molecular formula is C17H18N4O2S. The van der Waals surface area contributed by atoms with Crippen molar-refractivity contribution in [3.8, 4) is 11.6 Å². The van der Waals surface area contributed by atoms with Crippen LogP contribution in [0.1, 0.15) is 16.7 Å². The molecule has 24 heavy (non-hydrogen) atoms. The summed E-state index contributed by atoms with van der Waals surface area (Å²) in [6, 6.07) is 7.69. The molecule has 3 aromatic rings. The number of aromatic amines is 1. The van der Waals surface area contributed by atoms with E-state index in [1.54, 1.807) is 18.4 Å². The van der Waals surface area contributed by atoms with Crippen molar-refractivity contribution in [2.75, 3.05) is 11.1 Å². The van der Waals surface area contributed by atoms with Crippen molar-refractivity contribution in [2.24, 2.45) is 0 Å². The molecule has 0 fully saturated rings. The predicted molar refractivity (Wildman–Crippen MR) is 94.1 cm³/mol. The van der Waals surface area contributed by atoms with E-state index >= 15 is 0 Å². The first kappa shape index (κ1) is 16.3. The summed E-state index contributed by atoms with van der Waals surface area (Å²) in [5, 5.41) is 10.4. The van der Waals surface area contributed by atoms with Crippen LogP contribution in [-0.4, -0.2) is 26.8 Å². The molecule has 3 rings (SSSR count). The van der Waals surface area contributed by atoms with Crippen LogP contribution in [0.3, 0.4) is 0 Å². The highest BCUT2D eigenvalue weighted by molar-refractivity contribution is 7.99. The van der Waals surface area contributed by atoms with Gasteiger partial charge in [0, 0.05) is 5.69 Å². The van der Waals surface area contributed by atoms with Gasteiger partial charge < -0.3 is 9.73 Å². The second-order valence-electron chi connectivity index (χ2n) is 5.55. The van der Waals surface area contributed by atoms with Crippen LogP contribution < -0.4 is 5.32 Å². The molecule has 2 heterocycles. The molecule has 2 aromatic heterocycles. The molecule has 2 N–H and O–H groups in total. The Morgan fingerprint density at radius 2 is 2.04 bits per heavy atom. The monoisotopic (exact) mass is 342 g/mol. The Labute approximate surface area is 144 Å². The fourth-order valence-electron chi connectivity index (χ4n) is 2.52. The standard InChI is InChI=1S/C17H18N4O2S/c1-10-7-11(2)15(12(3)8-10)18-14(22)9-24-17-19-16(20-21-17)13-5-4-6-23-13/h4-8H,9H2,1-3H3,(H,18,22)(H,19,20,21). The summed E-state index contributed by atoms with van der Waals surface area (Å²) in [6.45, 7) is 6.03. The van der Waals surface area contributed by atoms with E-state index < -0.39 is 0 Å². The number of H-pyrrole nitrogens is 1. The minimum absolute atomic E-state index is 0.0839. The van der Waals surface area contributed by atoms with E-state index in [2.05, 4.69) is 32.6 Å². The summed E-state index contributed by atoms with van der Waals surface area (Å²) >= 11 is 1.27. The summed E-state index contributed by atoms with van der Waals surface area (Å²) in [5.74, 6) is 1.32. The third kappa shape index (κ3) is 3.68. The molecule has 1 amide bonds. The van der Waals surface area contributed by atoms with Gasteiger partial charge in [0.25, 0.3) is 0 Å². The van der Waals surface area contributed by atoms with Crippen LogP contribution in [0.5, 0.6) is 0 Å². The number of amides is 1. The van der Waals surface area contributed by atoms with Gasteiger partial charge >= 0.3 is 0 Å². The van der Waals surface area contributed by atoms with Gasteiger partial charge in [-0.15, -0.1) is 5.10 Å². The topological polar surface area (TPSA) is 83.8 Å². The Morgan fingerprint density at radius 3 is 2.71 bits per heavy atom. The van der Waals surface area contributed by atoms with E-state index in [-0.39, 0.29) is 11.7 Å². The fraction of sp³-hybridized carbons (Fsp3) is 0.235. The normalized spacial score (nSPS) is 10.8. The molecule has 0 aliphatic rings. The number of carbonyl (C=O) groups is 1. The third-order valence-electron chi connectivity index (χ3n) is 3.49. The maximum atomic E-state index is 12.2. The molecule has 0 radical (unpaired) electrons. The largest absolute Gasteiger partial charge is 0.461 e.